The van der Waals surface area contributed by atoms with E-state index in [4.69, 9.17) is 0 Å². The van der Waals surface area contributed by atoms with Crippen LogP contribution in [0.1, 0.15) is 27.2 Å². The van der Waals surface area contributed by atoms with Crippen molar-refractivity contribution in [1.82, 2.24) is 25.7 Å². The maximum Gasteiger partial charge on any atom is 0.416 e. The zero-order valence-electron chi connectivity index (χ0n) is 23.7. The lowest BCUT2D eigenvalue weighted by molar-refractivity contribution is -0.137. The van der Waals surface area contributed by atoms with Gasteiger partial charge in [-0.15, -0.1) is 0 Å². The van der Waals surface area contributed by atoms with Gasteiger partial charge in [-0.3, -0.25) is 9.59 Å². The van der Waals surface area contributed by atoms with Crippen LogP contribution in [0.5, 0.6) is 0 Å². The minimum Gasteiger partial charge on any atom is -0.369 e. The van der Waals surface area contributed by atoms with Crippen LogP contribution < -0.4 is 10.6 Å². The maximum atomic E-state index is 13.1. The quantitative estimate of drug-likeness (QED) is 0.218. The third-order valence-corrected chi connectivity index (χ3v) is 6.46. The molecule has 2 amide bonds. The summed E-state index contributed by atoms with van der Waals surface area (Å²) in [5.74, 6) is -0.700. The second-order valence-electron chi connectivity index (χ2n) is 9.81. The Kier molecular flexibility index (Phi) is 9.72. The van der Waals surface area contributed by atoms with Crippen molar-refractivity contribution in [1.29, 1.82) is 0 Å². The zero-order chi connectivity index (χ0) is 31.0. The fourth-order valence-electron chi connectivity index (χ4n) is 4.22. The third-order valence-electron chi connectivity index (χ3n) is 6.46. The molecular formula is C33H30F3N5O2. The van der Waals surface area contributed by atoms with E-state index in [1.54, 1.807) is 42.4 Å². The highest BCUT2D eigenvalue weighted by atomic mass is 19.4. The second kappa shape index (κ2) is 13.6. The normalized spacial score (nSPS) is 11.5. The van der Waals surface area contributed by atoms with E-state index in [2.05, 4.69) is 27.4 Å². The highest BCUT2D eigenvalue weighted by Gasteiger charge is 2.30. The summed E-state index contributed by atoms with van der Waals surface area (Å²) in [7, 11) is 1.68. The molecule has 0 saturated carbocycles. The molecule has 7 nitrogen and oxygen atoms in total. The standard InChI is InChI=1S/C33H30F3N5O2/c1-4-27(38-32(43)29-8-6-5-7-28(29)24-14-16-26(17-15-24)33(34,35)36)20-41(3)21-31(42)37-19-23-10-12-25(13-11-23)30-18-9-22(2)39-40-30/h4-18,20H,1,19,21H2,2-3H3,(H,37,42)(H,38,43)/b27-20+. The molecule has 0 fully saturated rings. The Bertz CT molecular complexity index is 1610. The molecule has 0 aliphatic rings. The number of hydrogen-bond donors (Lipinski definition) is 2. The number of nitrogens with one attached hydrogen (secondary N) is 2. The Balaban J connectivity index is 1.34. The van der Waals surface area contributed by atoms with E-state index >= 15 is 0 Å². The molecule has 1 aromatic heterocycles. The molecule has 0 bridgehead atoms. The number of nitrogens with zero attached hydrogens (tertiary/aromatic N) is 3. The van der Waals surface area contributed by atoms with Gasteiger partial charge in [-0.05, 0) is 60.0 Å². The molecule has 0 saturated heterocycles. The molecule has 220 valence electrons. The SMILES string of the molecule is C=C/C(=C\N(C)CC(=O)NCc1ccc(-c2ccc(C)nn2)cc1)NC(=O)c1ccccc1-c1ccc(C(F)(F)F)cc1. The van der Waals surface area contributed by atoms with Gasteiger partial charge in [0.05, 0.1) is 29.2 Å². The molecular weight excluding hydrogens is 555 g/mol. The molecule has 0 unspecified atom stereocenters. The van der Waals surface area contributed by atoms with Gasteiger partial charge in [-0.25, -0.2) is 0 Å². The first-order valence-corrected chi connectivity index (χ1v) is 13.3. The van der Waals surface area contributed by atoms with Crippen LogP contribution in [0.3, 0.4) is 0 Å². The Morgan fingerprint density at radius 3 is 2.21 bits per heavy atom. The highest BCUT2D eigenvalue weighted by Crippen LogP contribution is 2.32. The largest absolute Gasteiger partial charge is 0.416 e. The van der Waals surface area contributed by atoms with Gasteiger partial charge in [0.1, 0.15) is 0 Å². The number of carbonyl (C=O) groups is 2. The van der Waals surface area contributed by atoms with Crippen LogP contribution in [0, 0.1) is 6.92 Å². The number of allylic oxidation sites excluding steroid dienone is 1. The number of carbonyl (C=O) groups excluding carboxylic acids is 2. The number of alkyl halides is 3. The number of aromatic nitrogens is 2. The summed E-state index contributed by atoms with van der Waals surface area (Å²) in [5.41, 5.74) is 4.24. The average Bonchev–Trinajstić information content (AvgIpc) is 3.00. The molecule has 10 heteroatoms. The van der Waals surface area contributed by atoms with E-state index in [0.29, 0.717) is 23.4 Å². The van der Waals surface area contributed by atoms with Crippen LogP contribution in [0.4, 0.5) is 13.2 Å². The van der Waals surface area contributed by atoms with E-state index < -0.39 is 17.6 Å². The van der Waals surface area contributed by atoms with Crippen molar-refractivity contribution >= 4 is 11.8 Å². The Morgan fingerprint density at radius 1 is 0.907 bits per heavy atom. The number of hydrogen-bond acceptors (Lipinski definition) is 5. The zero-order valence-corrected chi connectivity index (χ0v) is 23.7. The molecule has 43 heavy (non-hydrogen) atoms. The summed E-state index contributed by atoms with van der Waals surface area (Å²) in [4.78, 5) is 27.3. The van der Waals surface area contributed by atoms with Crippen molar-refractivity contribution in [3.05, 3.63) is 132 Å². The monoisotopic (exact) mass is 585 g/mol. The minimum atomic E-state index is -4.45. The number of amides is 2. The van der Waals surface area contributed by atoms with E-state index in [-0.39, 0.29) is 18.0 Å². The number of rotatable bonds is 10. The first-order chi connectivity index (χ1) is 20.5. The van der Waals surface area contributed by atoms with Gasteiger partial charge in [-0.2, -0.15) is 23.4 Å². The third kappa shape index (κ3) is 8.38. The summed E-state index contributed by atoms with van der Waals surface area (Å²) in [5, 5.41) is 13.9. The van der Waals surface area contributed by atoms with Gasteiger partial charge in [0.15, 0.2) is 0 Å². The smallest absolute Gasteiger partial charge is 0.369 e. The average molecular weight is 586 g/mol. The van der Waals surface area contributed by atoms with Gasteiger partial charge in [0.25, 0.3) is 5.91 Å². The molecule has 3 aromatic carbocycles. The summed E-state index contributed by atoms with van der Waals surface area (Å²) >= 11 is 0. The lowest BCUT2D eigenvalue weighted by atomic mass is 9.98. The maximum absolute atomic E-state index is 13.1. The molecule has 2 N–H and O–H groups in total. The summed E-state index contributed by atoms with van der Waals surface area (Å²) in [6.07, 6.45) is -1.44. The number of aryl methyl sites for hydroxylation is 1. The fraction of sp³-hybridized carbons (Fsp3) is 0.152. The van der Waals surface area contributed by atoms with Gasteiger partial charge in [-0.1, -0.05) is 61.2 Å². The van der Waals surface area contributed by atoms with Crippen molar-refractivity contribution in [2.45, 2.75) is 19.6 Å². The van der Waals surface area contributed by atoms with Crippen LogP contribution in [-0.4, -0.2) is 40.5 Å². The minimum absolute atomic E-state index is 0.0202. The molecule has 4 aromatic rings. The van der Waals surface area contributed by atoms with E-state index in [1.807, 2.05) is 43.3 Å². The van der Waals surface area contributed by atoms with Crippen molar-refractivity contribution in [2.24, 2.45) is 0 Å². The van der Waals surface area contributed by atoms with Crippen LogP contribution in [-0.2, 0) is 17.5 Å². The lowest BCUT2D eigenvalue weighted by Crippen LogP contribution is -2.33. The predicted molar refractivity (Wildman–Crippen MR) is 159 cm³/mol. The van der Waals surface area contributed by atoms with Gasteiger partial charge < -0.3 is 15.5 Å². The van der Waals surface area contributed by atoms with Gasteiger partial charge in [0, 0.05) is 30.9 Å². The number of likely N-dealkylation sites (N-methyl/N-ethyl adjacent to an activating group) is 1. The van der Waals surface area contributed by atoms with Crippen molar-refractivity contribution in [2.75, 3.05) is 13.6 Å². The number of benzene rings is 3. The van der Waals surface area contributed by atoms with Gasteiger partial charge in [0.2, 0.25) is 5.91 Å². The van der Waals surface area contributed by atoms with E-state index in [1.165, 1.54) is 18.2 Å². The molecule has 0 aliphatic carbocycles. The Morgan fingerprint density at radius 2 is 1.58 bits per heavy atom. The van der Waals surface area contributed by atoms with E-state index in [0.717, 1.165) is 34.6 Å². The molecule has 0 aliphatic heterocycles. The summed E-state index contributed by atoms with van der Waals surface area (Å²) < 4.78 is 38.9. The van der Waals surface area contributed by atoms with Crippen LogP contribution >= 0.6 is 0 Å². The topological polar surface area (TPSA) is 87.2 Å². The first kappa shape index (κ1) is 30.7. The van der Waals surface area contributed by atoms with E-state index in [9.17, 15) is 22.8 Å². The summed E-state index contributed by atoms with van der Waals surface area (Å²) in [6, 6.07) is 22.7. The highest BCUT2D eigenvalue weighted by molar-refractivity contribution is 6.01. The van der Waals surface area contributed by atoms with Gasteiger partial charge >= 0.3 is 6.18 Å². The Hall–Kier alpha value is -5.25. The molecule has 0 spiro atoms. The first-order valence-electron chi connectivity index (χ1n) is 13.3. The molecule has 0 radical (unpaired) electrons. The summed E-state index contributed by atoms with van der Waals surface area (Å²) in [6.45, 7) is 5.97. The Labute approximate surface area is 247 Å². The van der Waals surface area contributed by atoms with Crippen molar-refractivity contribution in [3.63, 3.8) is 0 Å². The second-order valence-corrected chi connectivity index (χ2v) is 9.81. The lowest BCUT2D eigenvalue weighted by Gasteiger charge is -2.17. The van der Waals surface area contributed by atoms with Crippen LogP contribution in [0.15, 0.2) is 109 Å². The fourth-order valence-corrected chi connectivity index (χ4v) is 4.22. The van der Waals surface area contributed by atoms with Crippen molar-refractivity contribution in [3.8, 4) is 22.4 Å². The molecule has 0 atom stereocenters. The molecule has 4 rings (SSSR count). The predicted octanol–water partition coefficient (Wildman–Crippen LogP) is 6.14. The van der Waals surface area contributed by atoms with Crippen LogP contribution in [0.2, 0.25) is 0 Å². The number of halogens is 3. The molecule has 1 heterocycles. The van der Waals surface area contributed by atoms with Crippen molar-refractivity contribution < 1.29 is 22.8 Å². The van der Waals surface area contributed by atoms with Crippen LogP contribution in [0.25, 0.3) is 22.4 Å².